The van der Waals surface area contributed by atoms with Crippen LogP contribution in [0, 0.1) is 5.92 Å². The summed E-state index contributed by atoms with van der Waals surface area (Å²) in [7, 11) is 3.61. The second kappa shape index (κ2) is 6.97. The zero-order valence-corrected chi connectivity index (χ0v) is 11.7. The minimum absolute atomic E-state index is 0.202. The van der Waals surface area contributed by atoms with Gasteiger partial charge >= 0.3 is 0 Å². The molecule has 1 rings (SSSR count). The zero-order chi connectivity index (χ0) is 12.8. The van der Waals surface area contributed by atoms with Gasteiger partial charge in [0.15, 0.2) is 0 Å². The van der Waals surface area contributed by atoms with Crippen LogP contribution in [-0.2, 0) is 4.79 Å². The smallest absolute Gasteiger partial charge is 0.223 e. The molecule has 0 aromatic rings. The van der Waals surface area contributed by atoms with E-state index in [2.05, 4.69) is 24.1 Å². The Balaban J connectivity index is 2.06. The number of likely N-dealkylation sites (tertiary alicyclic amines) is 1. The van der Waals surface area contributed by atoms with Gasteiger partial charge in [0.25, 0.3) is 0 Å². The van der Waals surface area contributed by atoms with Crippen molar-refractivity contribution in [3.05, 3.63) is 0 Å². The minimum atomic E-state index is 0.202. The summed E-state index contributed by atoms with van der Waals surface area (Å²) in [6.07, 6.45) is 1.89. The van der Waals surface area contributed by atoms with E-state index in [0.717, 1.165) is 19.0 Å². The molecule has 0 spiro atoms. The van der Waals surface area contributed by atoms with Crippen molar-refractivity contribution in [3.8, 4) is 0 Å². The highest BCUT2D eigenvalue weighted by molar-refractivity contribution is 5.75. The second-order valence-electron chi connectivity index (χ2n) is 5.49. The van der Waals surface area contributed by atoms with E-state index in [-0.39, 0.29) is 5.91 Å². The Kier molecular flexibility index (Phi) is 5.92. The fourth-order valence-corrected chi connectivity index (χ4v) is 2.22. The number of nitrogens with one attached hydrogen (secondary N) is 1. The SMILES string of the molecule is CC(C)N1CCC(CNCCC(=O)N(C)C)C1. The molecule has 0 aromatic carbocycles. The molecule has 0 radical (unpaired) electrons. The molecule has 4 nitrogen and oxygen atoms in total. The summed E-state index contributed by atoms with van der Waals surface area (Å²) in [5, 5.41) is 3.40. The molecule has 1 heterocycles. The van der Waals surface area contributed by atoms with E-state index < -0.39 is 0 Å². The largest absolute Gasteiger partial charge is 0.349 e. The molecule has 0 bridgehead atoms. The number of nitrogens with zero attached hydrogens (tertiary/aromatic N) is 2. The van der Waals surface area contributed by atoms with Gasteiger partial charge in [-0.3, -0.25) is 4.79 Å². The minimum Gasteiger partial charge on any atom is -0.349 e. The molecular formula is C13H27N3O. The number of amides is 1. The van der Waals surface area contributed by atoms with Gasteiger partial charge in [-0.25, -0.2) is 0 Å². The van der Waals surface area contributed by atoms with Crippen LogP contribution in [0.3, 0.4) is 0 Å². The third-order valence-electron chi connectivity index (χ3n) is 3.50. The fourth-order valence-electron chi connectivity index (χ4n) is 2.22. The number of hydrogen-bond donors (Lipinski definition) is 1. The van der Waals surface area contributed by atoms with Crippen LogP contribution >= 0.6 is 0 Å². The molecule has 0 aromatic heterocycles. The van der Waals surface area contributed by atoms with Crippen LogP contribution in [0.2, 0.25) is 0 Å². The highest BCUT2D eigenvalue weighted by Gasteiger charge is 2.23. The molecule has 4 heteroatoms. The standard InChI is InChI=1S/C13H27N3O/c1-11(2)16-8-6-12(10-16)9-14-7-5-13(17)15(3)4/h11-12,14H,5-10H2,1-4H3. The second-order valence-corrected chi connectivity index (χ2v) is 5.49. The van der Waals surface area contributed by atoms with Crippen molar-refractivity contribution in [2.75, 3.05) is 40.3 Å². The first-order chi connectivity index (χ1) is 8.00. The average molecular weight is 241 g/mol. The normalized spacial score (nSPS) is 21.1. The van der Waals surface area contributed by atoms with Gasteiger partial charge in [0.2, 0.25) is 5.91 Å². The zero-order valence-electron chi connectivity index (χ0n) is 11.7. The predicted molar refractivity (Wildman–Crippen MR) is 71.0 cm³/mol. The summed E-state index contributed by atoms with van der Waals surface area (Å²) in [5.41, 5.74) is 0. The number of rotatable bonds is 6. The van der Waals surface area contributed by atoms with Crippen LogP contribution in [0.5, 0.6) is 0 Å². The number of hydrogen-bond acceptors (Lipinski definition) is 3. The summed E-state index contributed by atoms with van der Waals surface area (Å²) >= 11 is 0. The van der Waals surface area contributed by atoms with Gasteiger partial charge in [-0.15, -0.1) is 0 Å². The molecule has 17 heavy (non-hydrogen) atoms. The number of carbonyl (C=O) groups excluding carboxylic acids is 1. The van der Waals surface area contributed by atoms with Crippen LogP contribution in [0.15, 0.2) is 0 Å². The van der Waals surface area contributed by atoms with Gasteiger partial charge in [0.05, 0.1) is 0 Å². The highest BCUT2D eigenvalue weighted by Crippen LogP contribution is 2.17. The Morgan fingerprint density at radius 2 is 2.18 bits per heavy atom. The highest BCUT2D eigenvalue weighted by atomic mass is 16.2. The van der Waals surface area contributed by atoms with E-state index in [1.807, 2.05) is 0 Å². The maximum atomic E-state index is 11.4. The molecular weight excluding hydrogens is 214 g/mol. The van der Waals surface area contributed by atoms with Crippen molar-refractivity contribution < 1.29 is 4.79 Å². The van der Waals surface area contributed by atoms with Crippen molar-refractivity contribution in [1.29, 1.82) is 0 Å². The first-order valence-electron chi connectivity index (χ1n) is 6.65. The van der Waals surface area contributed by atoms with Crippen LogP contribution in [0.25, 0.3) is 0 Å². The van der Waals surface area contributed by atoms with Gasteiger partial charge in [0, 0.05) is 39.6 Å². The van der Waals surface area contributed by atoms with Crippen LogP contribution < -0.4 is 5.32 Å². The molecule has 1 amide bonds. The molecule has 100 valence electrons. The molecule has 1 N–H and O–H groups in total. The first-order valence-corrected chi connectivity index (χ1v) is 6.65. The molecule has 1 atom stereocenters. The van der Waals surface area contributed by atoms with E-state index in [1.165, 1.54) is 19.5 Å². The lowest BCUT2D eigenvalue weighted by Crippen LogP contribution is -2.32. The van der Waals surface area contributed by atoms with Crippen molar-refractivity contribution in [3.63, 3.8) is 0 Å². The topological polar surface area (TPSA) is 35.6 Å². The molecule has 0 aliphatic carbocycles. The van der Waals surface area contributed by atoms with Crippen molar-refractivity contribution >= 4 is 5.91 Å². The lowest BCUT2D eigenvalue weighted by atomic mass is 10.1. The van der Waals surface area contributed by atoms with E-state index in [0.29, 0.717) is 12.5 Å². The maximum absolute atomic E-state index is 11.4. The maximum Gasteiger partial charge on any atom is 0.223 e. The summed E-state index contributed by atoms with van der Waals surface area (Å²) in [6, 6.07) is 0.662. The monoisotopic (exact) mass is 241 g/mol. The molecule has 1 aliphatic heterocycles. The lowest BCUT2D eigenvalue weighted by molar-refractivity contribution is -0.128. The summed E-state index contributed by atoms with van der Waals surface area (Å²) < 4.78 is 0. The first kappa shape index (κ1) is 14.5. The van der Waals surface area contributed by atoms with Crippen LogP contribution in [0.4, 0.5) is 0 Å². The van der Waals surface area contributed by atoms with Gasteiger partial charge in [-0.1, -0.05) is 0 Å². The van der Waals surface area contributed by atoms with Gasteiger partial charge < -0.3 is 15.1 Å². The van der Waals surface area contributed by atoms with E-state index in [9.17, 15) is 4.79 Å². The lowest BCUT2D eigenvalue weighted by Gasteiger charge is -2.20. The van der Waals surface area contributed by atoms with Crippen molar-refractivity contribution in [2.45, 2.75) is 32.7 Å². The van der Waals surface area contributed by atoms with E-state index in [1.54, 1.807) is 19.0 Å². The van der Waals surface area contributed by atoms with E-state index >= 15 is 0 Å². The summed E-state index contributed by atoms with van der Waals surface area (Å²) in [4.78, 5) is 15.5. The quantitative estimate of drug-likeness (QED) is 0.698. The Morgan fingerprint density at radius 1 is 1.47 bits per heavy atom. The van der Waals surface area contributed by atoms with Crippen molar-refractivity contribution in [1.82, 2.24) is 15.1 Å². The van der Waals surface area contributed by atoms with Gasteiger partial charge in [-0.2, -0.15) is 0 Å². The molecule has 1 fully saturated rings. The van der Waals surface area contributed by atoms with Crippen molar-refractivity contribution in [2.24, 2.45) is 5.92 Å². The number of carbonyl (C=O) groups is 1. The van der Waals surface area contributed by atoms with E-state index in [4.69, 9.17) is 0 Å². The Labute approximate surface area is 105 Å². The summed E-state index contributed by atoms with van der Waals surface area (Å²) in [6.45, 7) is 8.78. The fraction of sp³-hybridized carbons (Fsp3) is 0.923. The van der Waals surface area contributed by atoms with Crippen LogP contribution in [0.1, 0.15) is 26.7 Å². The third-order valence-corrected chi connectivity index (χ3v) is 3.50. The molecule has 0 saturated carbocycles. The van der Waals surface area contributed by atoms with Gasteiger partial charge in [0.1, 0.15) is 0 Å². The Bertz CT molecular complexity index is 241. The molecule has 1 unspecified atom stereocenters. The van der Waals surface area contributed by atoms with Gasteiger partial charge in [-0.05, 0) is 39.3 Å². The Hall–Kier alpha value is -0.610. The third kappa shape index (κ3) is 5.04. The summed E-state index contributed by atoms with van der Waals surface area (Å²) in [5.74, 6) is 0.958. The predicted octanol–water partition coefficient (Wildman–Crippen LogP) is 0.785. The molecule has 1 saturated heterocycles. The average Bonchev–Trinajstić information content (AvgIpc) is 2.72. The Morgan fingerprint density at radius 3 is 2.71 bits per heavy atom. The molecule has 1 aliphatic rings. The van der Waals surface area contributed by atoms with Crippen LogP contribution in [-0.4, -0.2) is 62.0 Å².